The molecule has 0 spiro atoms. The van der Waals surface area contributed by atoms with Crippen molar-refractivity contribution in [2.24, 2.45) is 5.41 Å². The third-order valence-electron chi connectivity index (χ3n) is 5.88. The highest BCUT2D eigenvalue weighted by Gasteiger charge is 2.40. The van der Waals surface area contributed by atoms with Crippen molar-refractivity contribution < 1.29 is 19.1 Å². The minimum absolute atomic E-state index is 0.0858. The van der Waals surface area contributed by atoms with Crippen molar-refractivity contribution in [3.8, 4) is 5.75 Å². The molecule has 0 N–H and O–H groups in total. The lowest BCUT2D eigenvalue weighted by molar-refractivity contribution is -0.151. The smallest absolute Gasteiger partial charge is 0.291 e. The zero-order chi connectivity index (χ0) is 20.7. The molecule has 5 nitrogen and oxygen atoms in total. The predicted octanol–water partition coefficient (Wildman–Crippen LogP) is 3.97. The van der Waals surface area contributed by atoms with E-state index >= 15 is 0 Å². The molecule has 1 aliphatic heterocycles. The highest BCUT2D eigenvalue weighted by Crippen LogP contribution is 2.26. The molecule has 1 saturated heterocycles. The van der Waals surface area contributed by atoms with Crippen molar-refractivity contribution in [3.63, 3.8) is 0 Å². The number of hydrogen-bond acceptors (Lipinski definition) is 4. The Balaban J connectivity index is 1.83. The van der Waals surface area contributed by atoms with E-state index in [0.29, 0.717) is 25.8 Å². The molecule has 0 aromatic heterocycles. The van der Waals surface area contributed by atoms with Crippen LogP contribution in [0.5, 0.6) is 5.75 Å². The zero-order valence-electron chi connectivity index (χ0n) is 17.6. The topological polar surface area (TPSA) is 63.7 Å². The maximum atomic E-state index is 12.7. The number of hydrogen-bond donors (Lipinski definition) is 0. The molecule has 154 valence electrons. The Morgan fingerprint density at radius 2 is 1.82 bits per heavy atom. The maximum Gasteiger partial charge on any atom is 0.291 e. The molecule has 1 aromatic rings. The van der Waals surface area contributed by atoms with Crippen molar-refractivity contribution >= 4 is 17.5 Å². The average Bonchev–Trinajstić information content (AvgIpc) is 3.20. The van der Waals surface area contributed by atoms with Crippen LogP contribution in [0.2, 0.25) is 0 Å². The van der Waals surface area contributed by atoms with Crippen LogP contribution >= 0.6 is 0 Å². The quantitative estimate of drug-likeness (QED) is 0.450. The molecule has 1 aliphatic rings. The number of aryl methyl sites for hydroxylation is 1. The molecule has 1 aromatic carbocycles. The fraction of sp³-hybridized carbons (Fsp3) is 0.609. The molecule has 1 unspecified atom stereocenters. The van der Waals surface area contributed by atoms with E-state index in [0.717, 1.165) is 31.4 Å². The Hall–Kier alpha value is -2.17. The van der Waals surface area contributed by atoms with Crippen LogP contribution in [0.15, 0.2) is 24.3 Å². The summed E-state index contributed by atoms with van der Waals surface area (Å²) in [5.74, 6) is 0.0588. The van der Waals surface area contributed by atoms with Gasteiger partial charge in [-0.05, 0) is 56.2 Å². The van der Waals surface area contributed by atoms with Gasteiger partial charge in [0.05, 0.1) is 13.2 Å². The predicted molar refractivity (Wildman–Crippen MR) is 109 cm³/mol. The standard InChI is InChI=1S/C23H33NO4/c1-5-23(2,3)21(26)22(27)24-16-8-10-19(24)20(25)11-7-6-9-17-12-14-18(28-4)15-13-17/h12-15,19H,5-11,16H2,1-4H3. The molecule has 0 bridgehead atoms. The molecule has 0 aliphatic carbocycles. The summed E-state index contributed by atoms with van der Waals surface area (Å²) in [6.45, 7) is 5.99. The third kappa shape index (κ3) is 5.43. The Bertz CT molecular complexity index is 693. The molecule has 1 amide bonds. The number of ketones is 2. The number of carbonyl (C=O) groups is 3. The second kappa shape index (κ2) is 9.85. The van der Waals surface area contributed by atoms with Crippen LogP contribution in [0.4, 0.5) is 0 Å². The van der Waals surface area contributed by atoms with E-state index < -0.39 is 17.4 Å². The van der Waals surface area contributed by atoms with Gasteiger partial charge in [-0.1, -0.05) is 32.9 Å². The number of carbonyl (C=O) groups excluding carboxylic acids is 3. The number of amides is 1. The first kappa shape index (κ1) is 22.1. The number of ether oxygens (including phenoxy) is 1. The largest absolute Gasteiger partial charge is 0.497 e. The highest BCUT2D eigenvalue weighted by atomic mass is 16.5. The highest BCUT2D eigenvalue weighted by molar-refractivity contribution is 6.38. The Morgan fingerprint density at radius 3 is 2.43 bits per heavy atom. The normalized spacial score (nSPS) is 16.9. The molecule has 28 heavy (non-hydrogen) atoms. The molecular formula is C23H33NO4. The summed E-state index contributed by atoms with van der Waals surface area (Å²) < 4.78 is 5.16. The Kier molecular flexibility index (Phi) is 7.78. The van der Waals surface area contributed by atoms with Gasteiger partial charge in [0.15, 0.2) is 5.78 Å². The zero-order valence-corrected chi connectivity index (χ0v) is 17.6. The fourth-order valence-corrected chi connectivity index (χ4v) is 3.51. The van der Waals surface area contributed by atoms with Gasteiger partial charge in [0.25, 0.3) is 5.91 Å². The van der Waals surface area contributed by atoms with Crippen molar-refractivity contribution in [1.82, 2.24) is 4.90 Å². The minimum Gasteiger partial charge on any atom is -0.497 e. The van der Waals surface area contributed by atoms with Crippen LogP contribution in [0.25, 0.3) is 0 Å². The maximum absolute atomic E-state index is 12.7. The van der Waals surface area contributed by atoms with E-state index in [4.69, 9.17) is 4.74 Å². The summed E-state index contributed by atoms with van der Waals surface area (Å²) in [5, 5.41) is 0. The number of unbranched alkanes of at least 4 members (excludes halogenated alkanes) is 1. The molecule has 5 heteroatoms. The Morgan fingerprint density at radius 1 is 1.14 bits per heavy atom. The lowest BCUT2D eigenvalue weighted by Crippen LogP contribution is -2.47. The molecule has 0 saturated carbocycles. The van der Waals surface area contributed by atoms with Crippen LogP contribution in [0.1, 0.15) is 64.9 Å². The third-order valence-corrected chi connectivity index (χ3v) is 5.88. The second-order valence-electron chi connectivity index (χ2n) is 8.24. The lowest BCUT2D eigenvalue weighted by Gasteiger charge is -2.27. The van der Waals surface area contributed by atoms with Gasteiger partial charge in [-0.2, -0.15) is 0 Å². The Labute approximate surface area is 168 Å². The number of Topliss-reactive ketones (excluding diaryl/α,β-unsaturated/α-hetero) is 2. The van der Waals surface area contributed by atoms with E-state index in [-0.39, 0.29) is 11.6 Å². The van der Waals surface area contributed by atoms with Crippen molar-refractivity contribution in [2.45, 2.75) is 71.8 Å². The molecule has 0 radical (unpaired) electrons. The van der Waals surface area contributed by atoms with E-state index in [1.165, 1.54) is 10.5 Å². The average molecular weight is 388 g/mol. The van der Waals surface area contributed by atoms with Gasteiger partial charge in [-0.3, -0.25) is 14.4 Å². The summed E-state index contributed by atoms with van der Waals surface area (Å²) in [6.07, 6.45) is 5.13. The number of likely N-dealkylation sites (tertiary alicyclic amines) is 1. The van der Waals surface area contributed by atoms with Crippen molar-refractivity contribution in [1.29, 1.82) is 0 Å². The van der Waals surface area contributed by atoms with Gasteiger partial charge in [0.2, 0.25) is 5.78 Å². The first-order valence-electron chi connectivity index (χ1n) is 10.3. The van der Waals surface area contributed by atoms with Crippen molar-refractivity contribution in [2.75, 3.05) is 13.7 Å². The molecular weight excluding hydrogens is 354 g/mol. The second-order valence-corrected chi connectivity index (χ2v) is 8.24. The van der Waals surface area contributed by atoms with Crippen molar-refractivity contribution in [3.05, 3.63) is 29.8 Å². The summed E-state index contributed by atoms with van der Waals surface area (Å²) in [6, 6.07) is 7.54. The summed E-state index contributed by atoms with van der Waals surface area (Å²) >= 11 is 0. The fourth-order valence-electron chi connectivity index (χ4n) is 3.51. The van der Waals surface area contributed by atoms with Crippen LogP contribution in [0.3, 0.4) is 0 Å². The van der Waals surface area contributed by atoms with Crippen LogP contribution < -0.4 is 4.74 Å². The molecule has 1 atom stereocenters. The SMILES string of the molecule is CCC(C)(C)C(=O)C(=O)N1CCCC1C(=O)CCCCc1ccc(OC)cc1. The first-order chi connectivity index (χ1) is 13.3. The number of nitrogens with zero attached hydrogens (tertiary/aromatic N) is 1. The van der Waals surface area contributed by atoms with Gasteiger partial charge in [0, 0.05) is 18.4 Å². The summed E-state index contributed by atoms with van der Waals surface area (Å²) in [7, 11) is 1.65. The number of methoxy groups -OCH3 is 1. The lowest BCUT2D eigenvalue weighted by atomic mass is 9.84. The van der Waals surface area contributed by atoms with E-state index in [9.17, 15) is 14.4 Å². The number of rotatable bonds is 10. The molecule has 1 heterocycles. The summed E-state index contributed by atoms with van der Waals surface area (Å²) in [5.41, 5.74) is 0.546. The van der Waals surface area contributed by atoms with Gasteiger partial charge in [-0.25, -0.2) is 0 Å². The van der Waals surface area contributed by atoms with E-state index in [2.05, 4.69) is 0 Å². The number of benzene rings is 1. The van der Waals surface area contributed by atoms with Gasteiger partial charge >= 0.3 is 0 Å². The van der Waals surface area contributed by atoms with E-state index in [1.807, 2.05) is 31.2 Å². The van der Waals surface area contributed by atoms with E-state index in [1.54, 1.807) is 21.0 Å². The molecule has 1 fully saturated rings. The first-order valence-corrected chi connectivity index (χ1v) is 10.3. The molecule has 2 rings (SSSR count). The van der Waals surface area contributed by atoms with Crippen LogP contribution in [-0.4, -0.2) is 42.1 Å². The van der Waals surface area contributed by atoms with Gasteiger partial charge in [0.1, 0.15) is 5.75 Å². The summed E-state index contributed by atoms with van der Waals surface area (Å²) in [4.78, 5) is 39.3. The van der Waals surface area contributed by atoms with Gasteiger partial charge in [-0.15, -0.1) is 0 Å². The van der Waals surface area contributed by atoms with Crippen LogP contribution in [0, 0.1) is 5.41 Å². The van der Waals surface area contributed by atoms with Gasteiger partial charge < -0.3 is 9.64 Å². The minimum atomic E-state index is -0.675. The monoisotopic (exact) mass is 387 g/mol. The van der Waals surface area contributed by atoms with Crippen LogP contribution in [-0.2, 0) is 20.8 Å².